The van der Waals surface area contributed by atoms with Crippen LogP contribution in [-0.2, 0) is 0 Å². The van der Waals surface area contributed by atoms with Gasteiger partial charge in [0.15, 0.2) is 0 Å². The Morgan fingerprint density at radius 3 is 2.52 bits per heavy atom. The molecule has 0 aliphatic rings. The molecule has 0 saturated carbocycles. The lowest BCUT2D eigenvalue weighted by molar-refractivity contribution is -0.383. The lowest BCUT2D eigenvalue weighted by atomic mass is 10.1. The largest absolute Gasteiger partial charge is 0.393 e. The van der Waals surface area contributed by atoms with Crippen LogP contribution in [0.5, 0.6) is 0 Å². The molecule has 2 rings (SSSR count). The fraction of sp³-hybridized carbons (Fsp3) is 0.143. The summed E-state index contributed by atoms with van der Waals surface area (Å²) in [5.41, 5.74) is 7.21. The predicted octanol–water partition coefficient (Wildman–Crippen LogP) is 4.66. The molecular formula is C14H13Cl2N3O2. The molecule has 0 saturated heterocycles. The highest BCUT2D eigenvalue weighted by atomic mass is 35.5. The normalized spacial score (nSPS) is 12.0. The van der Waals surface area contributed by atoms with Gasteiger partial charge in [-0.3, -0.25) is 10.1 Å². The van der Waals surface area contributed by atoms with E-state index in [0.717, 1.165) is 5.56 Å². The molecule has 2 aromatic carbocycles. The molecule has 0 amide bonds. The number of nitrogens with two attached hydrogens (primary N) is 1. The van der Waals surface area contributed by atoms with Gasteiger partial charge in [-0.25, -0.2) is 0 Å². The van der Waals surface area contributed by atoms with Crippen LogP contribution in [-0.4, -0.2) is 4.92 Å². The van der Waals surface area contributed by atoms with E-state index in [1.165, 1.54) is 12.1 Å². The lowest BCUT2D eigenvalue weighted by Crippen LogP contribution is -2.08. The van der Waals surface area contributed by atoms with E-state index in [-0.39, 0.29) is 17.4 Å². The van der Waals surface area contributed by atoms with E-state index in [4.69, 9.17) is 28.9 Å². The summed E-state index contributed by atoms with van der Waals surface area (Å²) in [5, 5.41) is 15.0. The van der Waals surface area contributed by atoms with Crippen molar-refractivity contribution in [3.05, 3.63) is 62.1 Å². The fourth-order valence-corrected chi connectivity index (χ4v) is 2.56. The van der Waals surface area contributed by atoms with E-state index >= 15 is 0 Å². The van der Waals surface area contributed by atoms with Crippen LogP contribution in [0.3, 0.4) is 0 Å². The Morgan fingerprint density at radius 2 is 1.95 bits per heavy atom. The van der Waals surface area contributed by atoms with Crippen LogP contribution < -0.4 is 11.1 Å². The summed E-state index contributed by atoms with van der Waals surface area (Å²) in [5.74, 6) is 0. The molecule has 5 nitrogen and oxygen atoms in total. The number of hydrogen-bond acceptors (Lipinski definition) is 4. The minimum absolute atomic E-state index is 0.101. The van der Waals surface area contributed by atoms with Crippen molar-refractivity contribution in [2.24, 2.45) is 0 Å². The van der Waals surface area contributed by atoms with Crippen molar-refractivity contribution in [1.82, 2.24) is 0 Å². The Kier molecular flexibility index (Phi) is 4.55. The van der Waals surface area contributed by atoms with Crippen molar-refractivity contribution in [2.75, 3.05) is 11.1 Å². The molecule has 110 valence electrons. The number of nitrogens with one attached hydrogen (secondary N) is 1. The number of halogens is 2. The number of nitro benzene ring substituents is 1. The third-order valence-corrected chi connectivity index (χ3v) is 3.60. The van der Waals surface area contributed by atoms with Gasteiger partial charge in [0.25, 0.3) is 5.69 Å². The van der Waals surface area contributed by atoms with Crippen LogP contribution in [0.25, 0.3) is 0 Å². The van der Waals surface area contributed by atoms with E-state index in [1.807, 2.05) is 13.0 Å². The molecule has 7 heteroatoms. The van der Waals surface area contributed by atoms with Crippen molar-refractivity contribution in [3.8, 4) is 0 Å². The van der Waals surface area contributed by atoms with Crippen LogP contribution in [0.2, 0.25) is 10.0 Å². The zero-order valence-corrected chi connectivity index (χ0v) is 12.7. The molecule has 0 heterocycles. The third kappa shape index (κ3) is 3.56. The molecule has 1 atom stereocenters. The summed E-state index contributed by atoms with van der Waals surface area (Å²) in [6.45, 7) is 1.92. The lowest BCUT2D eigenvalue weighted by Gasteiger charge is -2.17. The molecule has 0 bridgehead atoms. The summed E-state index contributed by atoms with van der Waals surface area (Å²) in [6.07, 6.45) is 0. The number of nitro groups is 1. The Bertz CT molecular complexity index is 692. The van der Waals surface area contributed by atoms with Gasteiger partial charge in [-0.1, -0.05) is 29.3 Å². The maximum atomic E-state index is 10.7. The van der Waals surface area contributed by atoms with Crippen molar-refractivity contribution in [1.29, 1.82) is 0 Å². The molecular weight excluding hydrogens is 313 g/mol. The second-order valence-corrected chi connectivity index (χ2v) is 5.41. The molecule has 0 fully saturated rings. The summed E-state index contributed by atoms with van der Waals surface area (Å²) in [7, 11) is 0. The minimum atomic E-state index is -0.515. The van der Waals surface area contributed by atoms with Crippen LogP contribution in [0.1, 0.15) is 18.5 Å². The van der Waals surface area contributed by atoms with Crippen LogP contribution in [0, 0.1) is 10.1 Å². The highest BCUT2D eigenvalue weighted by molar-refractivity contribution is 6.35. The van der Waals surface area contributed by atoms with Crippen molar-refractivity contribution in [2.45, 2.75) is 13.0 Å². The highest BCUT2D eigenvalue weighted by Crippen LogP contribution is 2.30. The standard InChI is InChI=1S/C14H13Cl2N3O2/c1-8(11-4-2-9(15)6-12(11)16)18-10-3-5-14(19(20)21)13(17)7-10/h2-8,18H,17H2,1H3. The first-order chi connectivity index (χ1) is 9.88. The molecule has 1 unspecified atom stereocenters. The average Bonchev–Trinajstić information content (AvgIpc) is 2.37. The van der Waals surface area contributed by atoms with E-state index in [0.29, 0.717) is 15.7 Å². The summed E-state index contributed by atoms with van der Waals surface area (Å²) < 4.78 is 0. The smallest absolute Gasteiger partial charge is 0.292 e. The zero-order valence-electron chi connectivity index (χ0n) is 11.1. The second kappa shape index (κ2) is 6.20. The number of rotatable bonds is 4. The van der Waals surface area contributed by atoms with E-state index in [1.54, 1.807) is 18.2 Å². The van der Waals surface area contributed by atoms with Gasteiger partial charge in [0.1, 0.15) is 5.69 Å². The molecule has 0 aliphatic heterocycles. The minimum Gasteiger partial charge on any atom is -0.393 e. The quantitative estimate of drug-likeness (QED) is 0.486. The van der Waals surface area contributed by atoms with Crippen LogP contribution in [0.15, 0.2) is 36.4 Å². The molecule has 0 aliphatic carbocycles. The first kappa shape index (κ1) is 15.4. The summed E-state index contributed by atoms with van der Waals surface area (Å²) >= 11 is 12.0. The maximum absolute atomic E-state index is 10.7. The number of nitrogens with zero attached hydrogens (tertiary/aromatic N) is 1. The van der Waals surface area contributed by atoms with Gasteiger partial charge in [-0.05, 0) is 36.8 Å². The van der Waals surface area contributed by atoms with Gasteiger partial charge in [-0.2, -0.15) is 0 Å². The number of hydrogen-bond donors (Lipinski definition) is 2. The molecule has 21 heavy (non-hydrogen) atoms. The Morgan fingerprint density at radius 1 is 1.24 bits per heavy atom. The van der Waals surface area contributed by atoms with Crippen LogP contribution >= 0.6 is 23.2 Å². The van der Waals surface area contributed by atoms with Crippen LogP contribution in [0.4, 0.5) is 17.1 Å². The molecule has 2 aromatic rings. The summed E-state index contributed by atoms with van der Waals surface area (Å²) in [4.78, 5) is 10.2. The highest BCUT2D eigenvalue weighted by Gasteiger charge is 2.14. The SMILES string of the molecule is CC(Nc1ccc([N+](=O)[O-])c(N)c1)c1ccc(Cl)cc1Cl. The Labute approximate surface area is 131 Å². The van der Waals surface area contributed by atoms with Gasteiger partial charge >= 0.3 is 0 Å². The average molecular weight is 326 g/mol. The van der Waals surface area contributed by atoms with Crippen molar-refractivity contribution >= 4 is 40.3 Å². The van der Waals surface area contributed by atoms with Crippen molar-refractivity contribution < 1.29 is 4.92 Å². The number of nitrogen functional groups attached to an aromatic ring is 1. The third-order valence-electron chi connectivity index (χ3n) is 3.04. The van der Waals surface area contributed by atoms with Gasteiger partial charge < -0.3 is 11.1 Å². The molecule has 3 N–H and O–H groups in total. The fourth-order valence-electron chi connectivity index (χ4n) is 1.99. The van der Waals surface area contributed by atoms with Crippen molar-refractivity contribution in [3.63, 3.8) is 0 Å². The van der Waals surface area contributed by atoms with Gasteiger partial charge in [0.2, 0.25) is 0 Å². The van der Waals surface area contributed by atoms with Gasteiger partial charge in [0, 0.05) is 27.8 Å². The number of anilines is 2. The first-order valence-electron chi connectivity index (χ1n) is 6.14. The molecule has 0 aromatic heterocycles. The monoisotopic (exact) mass is 325 g/mol. The summed E-state index contributed by atoms with van der Waals surface area (Å²) in [6, 6.07) is 9.65. The Balaban J connectivity index is 2.21. The van der Waals surface area contributed by atoms with Gasteiger partial charge in [-0.15, -0.1) is 0 Å². The van der Waals surface area contributed by atoms with E-state index < -0.39 is 4.92 Å². The van der Waals surface area contributed by atoms with E-state index in [9.17, 15) is 10.1 Å². The molecule has 0 spiro atoms. The van der Waals surface area contributed by atoms with Gasteiger partial charge in [0.05, 0.1) is 4.92 Å². The number of benzene rings is 2. The first-order valence-corrected chi connectivity index (χ1v) is 6.89. The van der Waals surface area contributed by atoms with E-state index in [2.05, 4.69) is 5.32 Å². The second-order valence-electron chi connectivity index (χ2n) is 4.56. The molecule has 0 radical (unpaired) electrons. The zero-order chi connectivity index (χ0) is 15.6. The topological polar surface area (TPSA) is 81.2 Å². The predicted molar refractivity (Wildman–Crippen MR) is 86.0 cm³/mol. The Hall–Kier alpha value is -1.98. The maximum Gasteiger partial charge on any atom is 0.292 e.